The van der Waals surface area contributed by atoms with Gasteiger partial charge in [0.05, 0.1) is 33.6 Å². The average molecular weight is 459 g/mol. The smallest absolute Gasteiger partial charge is 0.225 e. The van der Waals surface area contributed by atoms with Gasteiger partial charge >= 0.3 is 0 Å². The van der Waals surface area contributed by atoms with Crippen molar-refractivity contribution in [2.75, 3.05) is 23.7 Å². The van der Waals surface area contributed by atoms with Crippen LogP contribution in [0, 0.1) is 11.3 Å². The van der Waals surface area contributed by atoms with E-state index in [1.165, 1.54) is 12.1 Å². The first-order valence-corrected chi connectivity index (χ1v) is 10.5. The van der Waals surface area contributed by atoms with Crippen LogP contribution in [0.25, 0.3) is 11.2 Å². The highest BCUT2D eigenvalue weighted by Gasteiger charge is 2.22. The van der Waals surface area contributed by atoms with Crippen LogP contribution in [0.4, 0.5) is 17.6 Å². The summed E-state index contributed by atoms with van der Waals surface area (Å²) in [5.74, 6) is 1.03. The Kier molecular flexibility index (Phi) is 5.85. The number of carbonyl (C=O) groups excluding carboxylic acids is 1. The highest BCUT2D eigenvalue weighted by atomic mass is 35.5. The number of nitriles is 1. The lowest BCUT2D eigenvalue weighted by molar-refractivity contribution is -0.129. The molecule has 1 amide bonds. The Bertz CT molecular complexity index is 1180. The molecule has 0 spiro atoms. The molecule has 2 N–H and O–H groups in total. The monoisotopic (exact) mass is 458 g/mol. The summed E-state index contributed by atoms with van der Waals surface area (Å²) < 4.78 is 1.77. The third-order valence-corrected chi connectivity index (χ3v) is 5.82. The third kappa shape index (κ3) is 4.36. The minimum atomic E-state index is 0.0744. The van der Waals surface area contributed by atoms with Crippen LogP contribution < -0.4 is 10.6 Å². The zero-order valence-electron chi connectivity index (χ0n) is 17.0. The molecule has 2 aromatic heterocycles. The first-order chi connectivity index (χ1) is 14.9. The summed E-state index contributed by atoms with van der Waals surface area (Å²) in [4.78, 5) is 27.0. The van der Waals surface area contributed by atoms with Gasteiger partial charge < -0.3 is 15.5 Å². The molecule has 0 bridgehead atoms. The zero-order chi connectivity index (χ0) is 22.1. The van der Waals surface area contributed by atoms with Crippen molar-refractivity contribution in [3.8, 4) is 6.07 Å². The van der Waals surface area contributed by atoms with Gasteiger partial charge in [-0.15, -0.1) is 0 Å². The zero-order valence-corrected chi connectivity index (χ0v) is 18.5. The number of aryl methyl sites for hydroxylation is 1. The van der Waals surface area contributed by atoms with Gasteiger partial charge in [-0.25, -0.2) is 9.97 Å². The molecule has 0 aliphatic carbocycles. The third-order valence-electron chi connectivity index (χ3n) is 5.22. The molecular weight excluding hydrogens is 439 g/mol. The molecule has 0 unspecified atom stereocenters. The largest absolute Gasteiger partial charge is 0.350 e. The van der Waals surface area contributed by atoms with Gasteiger partial charge in [-0.05, 0) is 25.0 Å². The molecule has 160 valence electrons. The molecule has 1 aliphatic rings. The van der Waals surface area contributed by atoms with Crippen molar-refractivity contribution >= 4 is 57.9 Å². The van der Waals surface area contributed by atoms with E-state index in [9.17, 15) is 4.79 Å². The number of carbonyl (C=O) groups is 1. The van der Waals surface area contributed by atoms with E-state index in [0.29, 0.717) is 50.9 Å². The number of amides is 1. The van der Waals surface area contributed by atoms with Gasteiger partial charge in [0.2, 0.25) is 17.8 Å². The van der Waals surface area contributed by atoms with Crippen LogP contribution in [0.5, 0.6) is 0 Å². The van der Waals surface area contributed by atoms with E-state index in [4.69, 9.17) is 28.5 Å². The number of benzene rings is 1. The van der Waals surface area contributed by atoms with Gasteiger partial charge in [0, 0.05) is 33.1 Å². The predicted octanol–water partition coefficient (Wildman–Crippen LogP) is 3.71. The fraction of sp³-hybridized carbons (Fsp3) is 0.350. The quantitative estimate of drug-likeness (QED) is 0.612. The Morgan fingerprint density at radius 1 is 1.29 bits per heavy atom. The number of hydrogen-bond acceptors (Lipinski definition) is 7. The summed E-state index contributed by atoms with van der Waals surface area (Å²) in [6, 6.07) is 5.18. The summed E-state index contributed by atoms with van der Waals surface area (Å²) in [6.45, 7) is 3.00. The lowest BCUT2D eigenvalue weighted by Gasteiger charge is -2.32. The Morgan fingerprint density at radius 2 is 2.03 bits per heavy atom. The van der Waals surface area contributed by atoms with Crippen molar-refractivity contribution < 1.29 is 4.79 Å². The van der Waals surface area contributed by atoms with E-state index < -0.39 is 0 Å². The number of aromatic nitrogens is 4. The summed E-state index contributed by atoms with van der Waals surface area (Å²) in [7, 11) is 1.82. The molecule has 9 nitrogen and oxygen atoms in total. The number of nitrogens with one attached hydrogen (secondary N) is 2. The van der Waals surface area contributed by atoms with Crippen molar-refractivity contribution in [2.45, 2.75) is 25.8 Å². The highest BCUT2D eigenvalue weighted by Crippen LogP contribution is 2.34. The maximum atomic E-state index is 11.7. The highest BCUT2D eigenvalue weighted by molar-refractivity contribution is 6.39. The predicted molar refractivity (Wildman–Crippen MR) is 120 cm³/mol. The van der Waals surface area contributed by atoms with E-state index in [1.54, 1.807) is 17.7 Å². The second kappa shape index (κ2) is 8.57. The summed E-state index contributed by atoms with van der Waals surface area (Å²) in [5, 5.41) is 16.1. The van der Waals surface area contributed by atoms with Gasteiger partial charge in [-0.2, -0.15) is 10.2 Å². The Labute approximate surface area is 189 Å². The maximum Gasteiger partial charge on any atom is 0.225 e. The molecule has 0 radical (unpaired) electrons. The van der Waals surface area contributed by atoms with Crippen molar-refractivity contribution in [3.05, 3.63) is 33.9 Å². The van der Waals surface area contributed by atoms with E-state index in [2.05, 4.69) is 25.6 Å². The van der Waals surface area contributed by atoms with Crippen LogP contribution in [-0.2, 0) is 11.8 Å². The average Bonchev–Trinajstić information content (AvgIpc) is 3.05. The molecule has 1 saturated heterocycles. The molecule has 4 rings (SSSR count). The van der Waals surface area contributed by atoms with E-state index in [1.807, 2.05) is 18.0 Å². The minimum absolute atomic E-state index is 0.0744. The topological polar surface area (TPSA) is 112 Å². The van der Waals surface area contributed by atoms with Gasteiger partial charge in [-0.1, -0.05) is 23.2 Å². The molecule has 1 fully saturated rings. The Morgan fingerprint density at radius 3 is 2.71 bits per heavy atom. The molecule has 1 atom stereocenters. The van der Waals surface area contributed by atoms with E-state index >= 15 is 0 Å². The first-order valence-electron chi connectivity index (χ1n) is 9.73. The number of likely N-dealkylation sites (tertiary alicyclic amines) is 1. The molecule has 3 heterocycles. The van der Waals surface area contributed by atoms with Crippen LogP contribution >= 0.6 is 23.2 Å². The van der Waals surface area contributed by atoms with Gasteiger partial charge in [0.25, 0.3) is 0 Å². The number of halogens is 2. The number of nitrogens with zero attached hydrogens (tertiary/aromatic N) is 6. The van der Waals surface area contributed by atoms with Crippen molar-refractivity contribution in [1.29, 1.82) is 5.26 Å². The normalized spacial score (nSPS) is 16.2. The Hall–Kier alpha value is -3.09. The van der Waals surface area contributed by atoms with Crippen LogP contribution in [0.2, 0.25) is 10.0 Å². The maximum absolute atomic E-state index is 11.7. The van der Waals surface area contributed by atoms with Gasteiger partial charge in [0.1, 0.15) is 5.52 Å². The number of rotatable bonds is 4. The van der Waals surface area contributed by atoms with Crippen LogP contribution in [0.15, 0.2) is 18.3 Å². The van der Waals surface area contributed by atoms with E-state index in [0.717, 1.165) is 19.4 Å². The fourth-order valence-electron chi connectivity index (χ4n) is 3.60. The van der Waals surface area contributed by atoms with Crippen LogP contribution in [0.1, 0.15) is 25.3 Å². The summed E-state index contributed by atoms with van der Waals surface area (Å²) in [6.07, 6.45) is 3.52. The summed E-state index contributed by atoms with van der Waals surface area (Å²) in [5.41, 5.74) is 2.06. The number of imidazole rings is 1. The lowest BCUT2D eigenvalue weighted by Crippen LogP contribution is -2.44. The molecule has 0 saturated carbocycles. The SMILES string of the molecule is CC(=O)N1CCC[C@@H](Nc2ncc3nc(Nc4c(Cl)cc(C#N)cc4Cl)n(C)c3n2)C1. The molecule has 1 aliphatic heterocycles. The number of fused-ring (bicyclic) bond motifs is 1. The molecular formula is C20H20Cl2N8O. The van der Waals surface area contributed by atoms with Crippen LogP contribution in [-0.4, -0.2) is 49.5 Å². The molecule has 3 aromatic rings. The standard InChI is InChI=1S/C20H20Cl2N8O/c1-11(31)30-5-3-4-13(10-30)25-19-24-9-16-18(28-19)29(2)20(26-16)27-17-14(21)6-12(8-23)7-15(17)22/h6-7,9,13H,3-5,10H2,1-2H3,(H,26,27)(H,24,25,28)/t13-/m1/s1. The Balaban J connectivity index is 1.58. The van der Waals surface area contributed by atoms with Crippen molar-refractivity contribution in [2.24, 2.45) is 7.05 Å². The number of anilines is 3. The molecule has 31 heavy (non-hydrogen) atoms. The summed E-state index contributed by atoms with van der Waals surface area (Å²) >= 11 is 12.6. The van der Waals surface area contributed by atoms with Crippen LogP contribution in [0.3, 0.4) is 0 Å². The van der Waals surface area contributed by atoms with Crippen molar-refractivity contribution in [1.82, 2.24) is 24.4 Å². The lowest BCUT2D eigenvalue weighted by atomic mass is 10.1. The first kappa shape index (κ1) is 21.2. The number of hydrogen-bond donors (Lipinski definition) is 2. The number of piperidine rings is 1. The van der Waals surface area contributed by atoms with E-state index in [-0.39, 0.29) is 11.9 Å². The molecule has 11 heteroatoms. The second-order valence-corrected chi connectivity index (χ2v) is 8.21. The van der Waals surface area contributed by atoms with Gasteiger partial charge in [0.15, 0.2) is 5.65 Å². The second-order valence-electron chi connectivity index (χ2n) is 7.40. The molecule has 1 aromatic carbocycles. The van der Waals surface area contributed by atoms with Crippen molar-refractivity contribution in [3.63, 3.8) is 0 Å². The fourth-order valence-corrected chi connectivity index (χ4v) is 4.18. The van der Waals surface area contributed by atoms with Gasteiger partial charge in [-0.3, -0.25) is 9.36 Å². The minimum Gasteiger partial charge on any atom is -0.350 e.